The van der Waals surface area contributed by atoms with Crippen LogP contribution in [-0.4, -0.2) is 6.72 Å². The standard InChI is InChI=1S/C11H12FN/c1-4-5-9-6-8(2)10(12)7-11(9)13-3/h4-7H,3H2,1-2H3/b5-4-. The van der Waals surface area contributed by atoms with Crippen LogP contribution in [0.1, 0.15) is 18.1 Å². The zero-order chi connectivity index (χ0) is 9.84. The first-order valence-electron chi connectivity index (χ1n) is 4.08. The van der Waals surface area contributed by atoms with Crippen molar-refractivity contribution in [3.63, 3.8) is 0 Å². The highest BCUT2D eigenvalue weighted by atomic mass is 19.1. The summed E-state index contributed by atoms with van der Waals surface area (Å²) >= 11 is 0. The first kappa shape index (κ1) is 9.65. The van der Waals surface area contributed by atoms with Crippen LogP contribution in [0.2, 0.25) is 0 Å². The van der Waals surface area contributed by atoms with Crippen LogP contribution in [0.3, 0.4) is 0 Å². The quantitative estimate of drug-likeness (QED) is 0.613. The topological polar surface area (TPSA) is 12.4 Å². The number of halogens is 1. The van der Waals surface area contributed by atoms with Crippen LogP contribution in [0.5, 0.6) is 0 Å². The molecule has 0 aliphatic heterocycles. The van der Waals surface area contributed by atoms with Crippen molar-refractivity contribution in [2.45, 2.75) is 13.8 Å². The molecule has 13 heavy (non-hydrogen) atoms. The normalized spacial score (nSPS) is 10.7. The monoisotopic (exact) mass is 177 g/mol. The summed E-state index contributed by atoms with van der Waals surface area (Å²) in [5, 5.41) is 0. The second-order valence-electron chi connectivity index (χ2n) is 2.82. The predicted molar refractivity (Wildman–Crippen MR) is 55.1 cm³/mol. The molecule has 0 aromatic heterocycles. The summed E-state index contributed by atoms with van der Waals surface area (Å²) in [6.07, 6.45) is 3.78. The van der Waals surface area contributed by atoms with E-state index in [-0.39, 0.29) is 5.82 Å². The van der Waals surface area contributed by atoms with E-state index in [9.17, 15) is 4.39 Å². The maximum Gasteiger partial charge on any atom is 0.128 e. The Morgan fingerprint density at radius 3 is 2.69 bits per heavy atom. The minimum atomic E-state index is -0.240. The third kappa shape index (κ3) is 2.02. The van der Waals surface area contributed by atoms with Gasteiger partial charge in [0.25, 0.3) is 0 Å². The average molecular weight is 177 g/mol. The van der Waals surface area contributed by atoms with Crippen molar-refractivity contribution < 1.29 is 4.39 Å². The number of allylic oxidation sites excluding steroid dienone is 1. The molecule has 0 aliphatic rings. The lowest BCUT2D eigenvalue weighted by Gasteiger charge is -2.02. The molecular formula is C11H12FN. The smallest absolute Gasteiger partial charge is 0.128 e. The van der Waals surface area contributed by atoms with Gasteiger partial charge in [0, 0.05) is 11.6 Å². The second-order valence-corrected chi connectivity index (χ2v) is 2.82. The minimum Gasteiger partial charge on any atom is -0.264 e. The van der Waals surface area contributed by atoms with Gasteiger partial charge in [-0.25, -0.2) is 4.39 Å². The van der Waals surface area contributed by atoms with E-state index >= 15 is 0 Å². The van der Waals surface area contributed by atoms with Gasteiger partial charge in [0.15, 0.2) is 0 Å². The Hall–Kier alpha value is -1.44. The molecule has 0 heterocycles. The number of nitrogens with zero attached hydrogens (tertiary/aromatic N) is 1. The Morgan fingerprint density at radius 1 is 1.46 bits per heavy atom. The zero-order valence-corrected chi connectivity index (χ0v) is 7.84. The van der Waals surface area contributed by atoms with E-state index in [0.717, 1.165) is 5.56 Å². The van der Waals surface area contributed by atoms with Crippen LogP contribution in [0.25, 0.3) is 6.08 Å². The fourth-order valence-electron chi connectivity index (χ4n) is 1.14. The molecule has 0 saturated carbocycles. The summed E-state index contributed by atoms with van der Waals surface area (Å²) in [6.45, 7) is 7.03. The highest BCUT2D eigenvalue weighted by Crippen LogP contribution is 2.23. The fraction of sp³-hybridized carbons (Fsp3) is 0.182. The van der Waals surface area contributed by atoms with Gasteiger partial charge in [0.2, 0.25) is 0 Å². The Kier molecular flexibility index (Phi) is 2.96. The predicted octanol–water partition coefficient (Wildman–Crippen LogP) is 3.50. The molecule has 0 spiro atoms. The van der Waals surface area contributed by atoms with E-state index in [1.54, 1.807) is 13.0 Å². The van der Waals surface area contributed by atoms with Crippen molar-refractivity contribution in [1.82, 2.24) is 0 Å². The van der Waals surface area contributed by atoms with Gasteiger partial charge in [0.05, 0.1) is 5.69 Å². The molecule has 0 aliphatic carbocycles. The number of rotatable bonds is 2. The number of aryl methyl sites for hydroxylation is 1. The lowest BCUT2D eigenvalue weighted by Crippen LogP contribution is -1.84. The van der Waals surface area contributed by atoms with Crippen LogP contribution < -0.4 is 0 Å². The van der Waals surface area contributed by atoms with E-state index in [4.69, 9.17) is 0 Å². The number of benzene rings is 1. The molecular weight excluding hydrogens is 165 g/mol. The van der Waals surface area contributed by atoms with E-state index in [1.165, 1.54) is 6.07 Å². The molecule has 0 N–H and O–H groups in total. The maximum absolute atomic E-state index is 13.1. The molecule has 0 amide bonds. The number of aliphatic imine (C=N–C) groups is 1. The Balaban J connectivity index is 3.32. The van der Waals surface area contributed by atoms with Gasteiger partial charge in [-0.3, -0.25) is 4.99 Å². The van der Waals surface area contributed by atoms with Crippen molar-refractivity contribution >= 4 is 18.5 Å². The molecule has 1 aromatic carbocycles. The molecule has 0 saturated heterocycles. The molecule has 1 aromatic rings. The molecule has 0 atom stereocenters. The second kappa shape index (κ2) is 3.99. The third-order valence-corrected chi connectivity index (χ3v) is 1.82. The van der Waals surface area contributed by atoms with Crippen LogP contribution in [-0.2, 0) is 0 Å². The van der Waals surface area contributed by atoms with Crippen LogP contribution in [0.4, 0.5) is 10.1 Å². The van der Waals surface area contributed by atoms with Crippen LogP contribution in [0.15, 0.2) is 23.2 Å². The molecule has 1 nitrogen and oxygen atoms in total. The zero-order valence-electron chi connectivity index (χ0n) is 7.84. The van der Waals surface area contributed by atoms with Gasteiger partial charge in [-0.2, -0.15) is 0 Å². The Morgan fingerprint density at radius 2 is 2.15 bits per heavy atom. The summed E-state index contributed by atoms with van der Waals surface area (Å²) in [6, 6.07) is 3.16. The first-order valence-corrected chi connectivity index (χ1v) is 4.08. The summed E-state index contributed by atoms with van der Waals surface area (Å²) in [5.74, 6) is -0.240. The van der Waals surface area contributed by atoms with Gasteiger partial charge in [-0.1, -0.05) is 12.2 Å². The third-order valence-electron chi connectivity index (χ3n) is 1.82. The Bertz CT molecular complexity index is 353. The molecule has 68 valence electrons. The lowest BCUT2D eigenvalue weighted by atomic mass is 10.1. The summed E-state index contributed by atoms with van der Waals surface area (Å²) in [5.41, 5.74) is 2.11. The minimum absolute atomic E-state index is 0.240. The van der Waals surface area contributed by atoms with Gasteiger partial charge in [-0.15, -0.1) is 0 Å². The SMILES string of the molecule is C=Nc1cc(F)c(C)cc1/C=C\C. The fourth-order valence-corrected chi connectivity index (χ4v) is 1.14. The summed E-state index contributed by atoms with van der Waals surface area (Å²) in [4.78, 5) is 3.75. The first-order chi connectivity index (χ1) is 6.19. The number of hydrogen-bond acceptors (Lipinski definition) is 1. The molecule has 0 radical (unpaired) electrons. The van der Waals surface area contributed by atoms with Crippen molar-refractivity contribution in [3.8, 4) is 0 Å². The molecule has 1 rings (SSSR count). The maximum atomic E-state index is 13.1. The van der Waals surface area contributed by atoms with Gasteiger partial charge in [-0.05, 0) is 32.2 Å². The van der Waals surface area contributed by atoms with Crippen molar-refractivity contribution in [3.05, 3.63) is 35.2 Å². The van der Waals surface area contributed by atoms with E-state index in [2.05, 4.69) is 11.7 Å². The van der Waals surface area contributed by atoms with Gasteiger partial charge in [0.1, 0.15) is 5.82 Å². The molecule has 0 unspecified atom stereocenters. The van der Waals surface area contributed by atoms with Crippen LogP contribution in [0, 0.1) is 12.7 Å². The largest absolute Gasteiger partial charge is 0.264 e. The van der Waals surface area contributed by atoms with Crippen molar-refractivity contribution in [1.29, 1.82) is 0 Å². The van der Waals surface area contributed by atoms with Gasteiger partial charge < -0.3 is 0 Å². The summed E-state index contributed by atoms with van der Waals surface area (Å²) in [7, 11) is 0. The van der Waals surface area contributed by atoms with Crippen LogP contribution >= 0.6 is 0 Å². The van der Waals surface area contributed by atoms with Crippen molar-refractivity contribution in [2.24, 2.45) is 4.99 Å². The highest BCUT2D eigenvalue weighted by molar-refractivity contribution is 5.66. The van der Waals surface area contributed by atoms with Gasteiger partial charge >= 0.3 is 0 Å². The molecule has 0 fully saturated rings. The van der Waals surface area contributed by atoms with E-state index in [0.29, 0.717) is 11.3 Å². The molecule has 0 bridgehead atoms. The average Bonchev–Trinajstić information content (AvgIpc) is 2.11. The highest BCUT2D eigenvalue weighted by Gasteiger charge is 2.02. The molecule has 2 heteroatoms. The lowest BCUT2D eigenvalue weighted by molar-refractivity contribution is 0.619. The van der Waals surface area contributed by atoms with E-state index in [1.807, 2.05) is 19.1 Å². The Labute approximate surface area is 77.6 Å². The van der Waals surface area contributed by atoms with Crippen molar-refractivity contribution in [2.75, 3.05) is 0 Å². The summed E-state index contributed by atoms with van der Waals surface area (Å²) < 4.78 is 13.1. The number of hydrogen-bond donors (Lipinski definition) is 0. The van der Waals surface area contributed by atoms with E-state index < -0.39 is 0 Å².